The Bertz CT molecular complexity index is 1610. The largest absolute Gasteiger partial charge is 0.360 e. The molecule has 3 aliphatic rings. The van der Waals surface area contributed by atoms with Gasteiger partial charge in [0.15, 0.2) is 5.65 Å². The van der Waals surface area contributed by atoms with E-state index in [1.165, 1.54) is 0 Å². The van der Waals surface area contributed by atoms with Crippen LogP contribution in [-0.2, 0) is 0 Å². The van der Waals surface area contributed by atoms with E-state index in [1.54, 1.807) is 6.07 Å². The SMILES string of the molecule is C/C=C(/c1cc(N2CC(CC)C2)n2nc(-c3ccc(C4CC4)cc3F)cc2n1)N1CC(F)c2ccccc2C1C. The van der Waals surface area contributed by atoms with Crippen LogP contribution in [0.15, 0.2) is 60.7 Å². The molecule has 4 heterocycles. The Kier molecular flexibility index (Phi) is 6.13. The van der Waals surface area contributed by atoms with Crippen LogP contribution >= 0.6 is 0 Å². The molecule has 0 bridgehead atoms. The summed E-state index contributed by atoms with van der Waals surface area (Å²) in [5, 5.41) is 4.86. The number of halogens is 2. The first kappa shape index (κ1) is 25.2. The zero-order chi connectivity index (χ0) is 27.5. The first-order chi connectivity index (χ1) is 19.4. The number of hydrogen-bond donors (Lipinski definition) is 0. The van der Waals surface area contributed by atoms with Crippen molar-refractivity contribution in [2.24, 2.45) is 5.92 Å². The summed E-state index contributed by atoms with van der Waals surface area (Å²) in [7, 11) is 0. The highest BCUT2D eigenvalue weighted by Gasteiger charge is 2.34. The van der Waals surface area contributed by atoms with Crippen molar-refractivity contribution in [2.45, 2.75) is 58.2 Å². The van der Waals surface area contributed by atoms with E-state index in [-0.39, 0.29) is 18.4 Å². The van der Waals surface area contributed by atoms with Gasteiger partial charge in [0.25, 0.3) is 0 Å². The lowest BCUT2D eigenvalue weighted by atomic mass is 9.91. The van der Waals surface area contributed by atoms with Gasteiger partial charge in [-0.05, 0) is 73.8 Å². The molecule has 2 aliphatic heterocycles. The van der Waals surface area contributed by atoms with Crippen molar-refractivity contribution in [1.29, 1.82) is 0 Å². The molecule has 2 aromatic heterocycles. The fourth-order valence-electron chi connectivity index (χ4n) is 6.41. The molecule has 2 atom stereocenters. The fourth-order valence-corrected chi connectivity index (χ4v) is 6.41. The second-order valence-corrected chi connectivity index (χ2v) is 11.6. The van der Waals surface area contributed by atoms with E-state index in [1.807, 2.05) is 60.0 Å². The summed E-state index contributed by atoms with van der Waals surface area (Å²) in [6.45, 7) is 8.48. The highest BCUT2D eigenvalue weighted by Crippen LogP contribution is 2.43. The Hall–Kier alpha value is -3.74. The maximum atomic E-state index is 15.4. The third kappa shape index (κ3) is 4.18. The number of nitrogens with zero attached hydrogens (tertiary/aromatic N) is 5. The maximum absolute atomic E-state index is 15.4. The number of fused-ring (bicyclic) bond motifs is 2. The first-order valence-corrected chi connectivity index (χ1v) is 14.6. The van der Waals surface area contributed by atoms with Crippen LogP contribution in [-0.4, -0.2) is 39.1 Å². The Balaban J connectivity index is 1.31. The predicted octanol–water partition coefficient (Wildman–Crippen LogP) is 7.71. The highest BCUT2D eigenvalue weighted by atomic mass is 19.1. The third-order valence-corrected chi connectivity index (χ3v) is 9.04. The molecule has 0 spiro atoms. The van der Waals surface area contributed by atoms with Gasteiger partial charge in [0.2, 0.25) is 0 Å². The summed E-state index contributed by atoms with van der Waals surface area (Å²) in [5.74, 6) is 1.83. The van der Waals surface area contributed by atoms with Crippen molar-refractivity contribution in [2.75, 3.05) is 24.5 Å². The summed E-state index contributed by atoms with van der Waals surface area (Å²) in [6, 6.07) is 17.3. The van der Waals surface area contributed by atoms with Crippen LogP contribution in [0.2, 0.25) is 0 Å². The number of rotatable bonds is 6. The van der Waals surface area contributed by atoms with Crippen molar-refractivity contribution >= 4 is 17.2 Å². The minimum absolute atomic E-state index is 0.00362. The molecular formula is C33H35F2N5. The van der Waals surface area contributed by atoms with Crippen LogP contribution in [0.25, 0.3) is 22.6 Å². The number of alkyl halides is 1. The van der Waals surface area contributed by atoms with E-state index >= 15 is 8.78 Å². The van der Waals surface area contributed by atoms with Gasteiger partial charge in [-0.3, -0.25) is 0 Å². The minimum atomic E-state index is -1.07. The number of anilines is 1. The topological polar surface area (TPSA) is 36.7 Å². The van der Waals surface area contributed by atoms with Gasteiger partial charge in [-0.15, -0.1) is 0 Å². The smallest absolute Gasteiger partial charge is 0.158 e. The van der Waals surface area contributed by atoms with E-state index in [2.05, 4.69) is 29.7 Å². The zero-order valence-corrected chi connectivity index (χ0v) is 23.3. The normalized spacial score (nSPS) is 21.6. The van der Waals surface area contributed by atoms with Gasteiger partial charge in [0, 0.05) is 30.8 Å². The lowest BCUT2D eigenvalue weighted by Crippen LogP contribution is -2.47. The van der Waals surface area contributed by atoms with Gasteiger partial charge in [-0.25, -0.2) is 13.8 Å². The molecule has 1 saturated carbocycles. The van der Waals surface area contributed by atoms with E-state index in [9.17, 15) is 0 Å². The van der Waals surface area contributed by atoms with E-state index in [4.69, 9.17) is 10.1 Å². The Labute approximate surface area is 234 Å². The van der Waals surface area contributed by atoms with Gasteiger partial charge in [-0.1, -0.05) is 43.3 Å². The van der Waals surface area contributed by atoms with E-state index in [0.29, 0.717) is 28.7 Å². The van der Waals surface area contributed by atoms with E-state index < -0.39 is 6.17 Å². The predicted molar refractivity (Wildman–Crippen MR) is 155 cm³/mol. The molecule has 5 nitrogen and oxygen atoms in total. The fraction of sp³-hybridized carbons (Fsp3) is 0.394. The molecule has 1 aliphatic carbocycles. The van der Waals surface area contributed by atoms with Gasteiger partial charge in [-0.2, -0.15) is 9.61 Å². The zero-order valence-electron chi connectivity index (χ0n) is 23.3. The second kappa shape index (κ2) is 9.72. The van der Waals surface area contributed by atoms with Crippen LogP contribution in [0.3, 0.4) is 0 Å². The average Bonchev–Trinajstić information content (AvgIpc) is 3.70. The van der Waals surface area contributed by atoms with Crippen molar-refractivity contribution in [1.82, 2.24) is 19.5 Å². The van der Waals surface area contributed by atoms with Crippen molar-refractivity contribution in [3.8, 4) is 11.3 Å². The van der Waals surface area contributed by atoms with Crippen molar-refractivity contribution < 1.29 is 8.78 Å². The molecule has 4 aromatic rings. The van der Waals surface area contributed by atoms with Crippen molar-refractivity contribution in [3.05, 3.63) is 88.9 Å². The lowest BCUT2D eigenvalue weighted by molar-refractivity contribution is 0.191. The molecule has 206 valence electrons. The number of hydrogen-bond acceptors (Lipinski definition) is 4. The molecule has 7 heteroatoms. The molecule has 0 N–H and O–H groups in total. The van der Waals surface area contributed by atoms with Gasteiger partial charge in [0.1, 0.15) is 17.8 Å². The highest BCUT2D eigenvalue weighted by molar-refractivity contribution is 5.71. The van der Waals surface area contributed by atoms with Crippen LogP contribution < -0.4 is 4.90 Å². The number of allylic oxidation sites excluding steroid dienone is 1. The monoisotopic (exact) mass is 539 g/mol. The summed E-state index contributed by atoms with van der Waals surface area (Å²) in [4.78, 5) is 9.46. The standard InChI is InChI=1S/C33H35F2N5/c1-4-21-17-38(18-21)33-16-30(31(5-2)39-19-28(35)25-9-7-6-8-24(25)20(39)3)36-32-15-29(37-40(32)33)26-13-12-23(14-27(26)34)22-10-11-22/h5-9,12-16,20-22,28H,4,10-11,17-19H2,1-3H3/b31-5-. The maximum Gasteiger partial charge on any atom is 0.158 e. The molecular weight excluding hydrogens is 504 g/mol. The van der Waals surface area contributed by atoms with Gasteiger partial charge in [0.05, 0.1) is 29.7 Å². The molecule has 7 rings (SSSR count). The summed E-state index contributed by atoms with van der Waals surface area (Å²) < 4.78 is 32.5. The summed E-state index contributed by atoms with van der Waals surface area (Å²) in [5.41, 5.74) is 6.24. The Morgan fingerprint density at radius 2 is 1.80 bits per heavy atom. The van der Waals surface area contributed by atoms with E-state index in [0.717, 1.165) is 66.3 Å². The average molecular weight is 540 g/mol. The quantitative estimate of drug-likeness (QED) is 0.252. The Morgan fingerprint density at radius 3 is 2.50 bits per heavy atom. The van der Waals surface area contributed by atoms with Crippen molar-refractivity contribution in [3.63, 3.8) is 0 Å². The third-order valence-electron chi connectivity index (χ3n) is 9.04. The van der Waals surface area contributed by atoms with Crippen LogP contribution in [0.1, 0.15) is 80.5 Å². The second-order valence-electron chi connectivity index (χ2n) is 11.6. The minimum Gasteiger partial charge on any atom is -0.360 e. The number of benzene rings is 2. The molecule has 2 fully saturated rings. The molecule has 0 amide bonds. The van der Waals surface area contributed by atoms with Gasteiger partial charge >= 0.3 is 0 Å². The lowest BCUT2D eigenvalue weighted by Gasteiger charge is -2.41. The summed E-state index contributed by atoms with van der Waals surface area (Å²) >= 11 is 0. The Morgan fingerprint density at radius 1 is 1.02 bits per heavy atom. The van der Waals surface area contributed by atoms with Crippen LogP contribution in [0.5, 0.6) is 0 Å². The number of aromatic nitrogens is 3. The summed E-state index contributed by atoms with van der Waals surface area (Å²) in [6.07, 6.45) is 4.35. The molecule has 0 radical (unpaired) electrons. The van der Waals surface area contributed by atoms with Gasteiger partial charge < -0.3 is 9.80 Å². The van der Waals surface area contributed by atoms with Crippen LogP contribution in [0, 0.1) is 11.7 Å². The first-order valence-electron chi connectivity index (χ1n) is 14.6. The molecule has 2 aromatic carbocycles. The molecule has 1 saturated heterocycles. The molecule has 2 unspecified atom stereocenters. The van der Waals surface area contributed by atoms with Crippen LogP contribution in [0.4, 0.5) is 14.6 Å². The molecule has 40 heavy (non-hydrogen) atoms.